The number of carbonyl (C=O) groups is 1. The number of aromatic nitrogens is 7. The molecule has 0 amide bonds. The molecule has 1 aliphatic carbocycles. The van der Waals surface area contributed by atoms with Gasteiger partial charge in [0, 0.05) is 5.92 Å². The summed E-state index contributed by atoms with van der Waals surface area (Å²) in [6.07, 6.45) is 8.57. The molecule has 0 unspecified atom stereocenters. The van der Waals surface area contributed by atoms with Gasteiger partial charge in [-0.05, 0) is 65.5 Å². The molecule has 0 radical (unpaired) electrons. The molecule has 13 nitrogen and oxygen atoms in total. The van der Waals surface area contributed by atoms with Crippen LogP contribution in [0.5, 0.6) is 5.75 Å². The van der Waals surface area contributed by atoms with E-state index in [0.717, 1.165) is 44.5 Å². The minimum absolute atomic E-state index is 0.0858. The summed E-state index contributed by atoms with van der Waals surface area (Å²) in [5.41, 5.74) is 8.33. The zero-order chi connectivity index (χ0) is 28.0. The molecule has 4 aromatic heterocycles. The van der Waals surface area contributed by atoms with E-state index >= 15 is 0 Å². The molecule has 2 fully saturated rings. The van der Waals surface area contributed by atoms with E-state index in [1.165, 1.54) is 6.33 Å². The van der Waals surface area contributed by atoms with Crippen LogP contribution in [0.2, 0.25) is 0 Å². The van der Waals surface area contributed by atoms with Crippen molar-refractivity contribution in [2.75, 3.05) is 32.0 Å². The van der Waals surface area contributed by atoms with Crippen molar-refractivity contribution in [2.45, 2.75) is 57.9 Å². The Kier molecular flexibility index (Phi) is 6.61. The number of likely N-dealkylation sites (tertiary alicyclic amines) is 1. The van der Waals surface area contributed by atoms with Crippen molar-refractivity contribution in [3.8, 4) is 28.5 Å². The second kappa shape index (κ2) is 10.1. The van der Waals surface area contributed by atoms with Crippen molar-refractivity contribution in [2.24, 2.45) is 5.92 Å². The normalized spacial score (nSPS) is 17.0. The highest BCUT2D eigenvalue weighted by atomic mass is 16.5. The minimum Gasteiger partial charge on any atom is -0.490 e. The number of hydrogen-bond acceptors (Lipinski definition) is 11. The van der Waals surface area contributed by atoms with Gasteiger partial charge in [0.25, 0.3) is 0 Å². The quantitative estimate of drug-likeness (QED) is 0.330. The Balaban J connectivity index is 1.27. The number of piperidine rings is 1. The Labute approximate surface area is 230 Å². The first-order chi connectivity index (χ1) is 19.2. The van der Waals surface area contributed by atoms with Crippen LogP contribution < -0.4 is 10.5 Å². The van der Waals surface area contributed by atoms with Gasteiger partial charge in [0.2, 0.25) is 0 Å². The number of nitrogens with zero attached hydrogens (tertiary/aromatic N) is 8. The summed E-state index contributed by atoms with van der Waals surface area (Å²) in [6.45, 7) is 8.26. The predicted molar refractivity (Wildman–Crippen MR) is 146 cm³/mol. The van der Waals surface area contributed by atoms with Crippen LogP contribution in [0.1, 0.15) is 58.1 Å². The topological polar surface area (TPSA) is 171 Å². The minimum atomic E-state index is -0.791. The molecule has 40 heavy (non-hydrogen) atoms. The second-order valence-electron chi connectivity index (χ2n) is 11.6. The van der Waals surface area contributed by atoms with Gasteiger partial charge in [0.1, 0.15) is 23.5 Å². The van der Waals surface area contributed by atoms with Crippen molar-refractivity contribution in [1.29, 1.82) is 0 Å². The third-order valence-corrected chi connectivity index (χ3v) is 7.42. The van der Waals surface area contributed by atoms with Gasteiger partial charge in [-0.25, -0.2) is 24.6 Å². The molecule has 6 rings (SSSR count). The molecule has 3 N–H and O–H groups in total. The molecular formula is C27H33N9O4. The fourth-order valence-corrected chi connectivity index (χ4v) is 5.15. The number of fused-ring (bicyclic) bond motifs is 1. The van der Waals surface area contributed by atoms with Crippen molar-refractivity contribution in [3.05, 3.63) is 24.5 Å². The van der Waals surface area contributed by atoms with Crippen molar-refractivity contribution < 1.29 is 19.2 Å². The highest BCUT2D eigenvalue weighted by Gasteiger charge is 2.36. The van der Waals surface area contributed by atoms with Crippen LogP contribution in [0, 0.1) is 5.92 Å². The molecule has 0 spiro atoms. The standard InChI is InChI=1S/C27H33N9O4/c1-27(2,3)36-26-20(24(28)31-14-32-26)21(33-36)22-19(23(40-34-22)16-4-5-16)25-29-10-17(11-30-25)39-13-15-6-8-35(9-7-15)12-18(37)38/h10-11,14-16H,4-9,12-13H2,1-3H3,(H,37,38)(H2,28,31,32). The van der Waals surface area contributed by atoms with Crippen LogP contribution in [-0.2, 0) is 10.3 Å². The summed E-state index contributed by atoms with van der Waals surface area (Å²) in [6, 6.07) is 0. The molecule has 13 heteroatoms. The van der Waals surface area contributed by atoms with Crippen LogP contribution in [0.3, 0.4) is 0 Å². The fourth-order valence-electron chi connectivity index (χ4n) is 5.15. The molecule has 0 bridgehead atoms. The third-order valence-electron chi connectivity index (χ3n) is 7.42. The van der Waals surface area contributed by atoms with Gasteiger partial charge in [0.05, 0.1) is 42.0 Å². The van der Waals surface area contributed by atoms with Crippen LogP contribution in [0.4, 0.5) is 5.82 Å². The number of carboxylic acid groups (broad SMARTS) is 1. The Morgan fingerprint density at radius 3 is 2.48 bits per heavy atom. The van der Waals surface area contributed by atoms with Crippen LogP contribution in [-0.4, -0.2) is 77.1 Å². The van der Waals surface area contributed by atoms with Crippen LogP contribution in [0.15, 0.2) is 23.2 Å². The van der Waals surface area contributed by atoms with Gasteiger partial charge < -0.3 is 20.1 Å². The number of ether oxygens (including phenoxy) is 1. The first-order valence-corrected chi connectivity index (χ1v) is 13.6. The van der Waals surface area contributed by atoms with E-state index in [4.69, 9.17) is 25.2 Å². The van der Waals surface area contributed by atoms with Gasteiger partial charge in [-0.2, -0.15) is 5.10 Å². The summed E-state index contributed by atoms with van der Waals surface area (Å²) in [7, 11) is 0. The highest BCUT2D eigenvalue weighted by Crippen LogP contribution is 2.48. The van der Waals surface area contributed by atoms with Gasteiger partial charge in [-0.1, -0.05) is 5.16 Å². The maximum absolute atomic E-state index is 10.9. The summed E-state index contributed by atoms with van der Waals surface area (Å²) >= 11 is 0. The van der Waals surface area contributed by atoms with E-state index in [2.05, 4.69) is 25.1 Å². The second-order valence-corrected chi connectivity index (χ2v) is 11.6. The van der Waals surface area contributed by atoms with Gasteiger partial charge in [-0.3, -0.25) is 9.69 Å². The molecule has 1 saturated heterocycles. The predicted octanol–water partition coefficient (Wildman–Crippen LogP) is 3.33. The first kappa shape index (κ1) is 26.1. The van der Waals surface area contributed by atoms with Crippen molar-refractivity contribution in [1.82, 2.24) is 39.8 Å². The van der Waals surface area contributed by atoms with Crippen molar-refractivity contribution >= 4 is 22.8 Å². The van der Waals surface area contributed by atoms with E-state index in [9.17, 15) is 4.79 Å². The molecule has 0 aromatic carbocycles. The van der Waals surface area contributed by atoms with E-state index < -0.39 is 5.97 Å². The highest BCUT2D eigenvalue weighted by molar-refractivity contribution is 6.00. The van der Waals surface area contributed by atoms with E-state index in [0.29, 0.717) is 57.9 Å². The number of rotatable bonds is 8. The van der Waals surface area contributed by atoms with Crippen LogP contribution in [0.25, 0.3) is 33.8 Å². The summed E-state index contributed by atoms with van der Waals surface area (Å²) in [5.74, 6) is 1.92. The first-order valence-electron chi connectivity index (χ1n) is 13.6. The van der Waals surface area contributed by atoms with Gasteiger partial charge >= 0.3 is 5.97 Å². The zero-order valence-corrected chi connectivity index (χ0v) is 22.9. The molecule has 2 aliphatic rings. The third kappa shape index (κ3) is 5.08. The number of hydrogen-bond donors (Lipinski definition) is 2. The smallest absolute Gasteiger partial charge is 0.317 e. The molecule has 0 atom stereocenters. The molecule has 5 heterocycles. The number of nitrogens with two attached hydrogens (primary N) is 1. The lowest BCUT2D eigenvalue weighted by molar-refractivity contribution is -0.138. The van der Waals surface area contributed by atoms with Gasteiger partial charge in [0.15, 0.2) is 23.0 Å². The SMILES string of the molecule is CC(C)(C)n1nc(-c2noc(C3CC3)c2-c2ncc(OCC3CCN(CC(=O)O)CC3)cn2)c2c(N)ncnc21. The summed E-state index contributed by atoms with van der Waals surface area (Å²) in [5, 5.41) is 18.9. The number of carboxylic acids is 1. The largest absolute Gasteiger partial charge is 0.490 e. The summed E-state index contributed by atoms with van der Waals surface area (Å²) in [4.78, 5) is 30.9. The maximum Gasteiger partial charge on any atom is 0.317 e. The zero-order valence-electron chi connectivity index (χ0n) is 22.9. The van der Waals surface area contributed by atoms with E-state index in [1.807, 2.05) is 30.4 Å². The van der Waals surface area contributed by atoms with E-state index in [1.54, 1.807) is 12.4 Å². The molecule has 1 saturated carbocycles. The molecular weight excluding hydrogens is 514 g/mol. The fraction of sp³-hybridized carbons (Fsp3) is 0.519. The Morgan fingerprint density at radius 1 is 1.10 bits per heavy atom. The van der Waals surface area contributed by atoms with Crippen LogP contribution >= 0.6 is 0 Å². The lowest BCUT2D eigenvalue weighted by Crippen LogP contribution is -2.38. The van der Waals surface area contributed by atoms with Crippen molar-refractivity contribution in [3.63, 3.8) is 0 Å². The Bertz CT molecular complexity index is 1530. The molecule has 1 aliphatic heterocycles. The maximum atomic E-state index is 10.9. The Morgan fingerprint density at radius 2 is 1.82 bits per heavy atom. The number of anilines is 1. The molecule has 4 aromatic rings. The lowest BCUT2D eigenvalue weighted by atomic mass is 9.98. The number of aliphatic carboxylic acids is 1. The molecule has 210 valence electrons. The summed E-state index contributed by atoms with van der Waals surface area (Å²) < 4.78 is 13.7. The van der Waals surface area contributed by atoms with Gasteiger partial charge in [-0.15, -0.1) is 0 Å². The Hall–Kier alpha value is -4.13. The average Bonchev–Trinajstić information content (AvgIpc) is 3.53. The monoisotopic (exact) mass is 547 g/mol. The number of nitrogen functional groups attached to an aromatic ring is 1. The lowest BCUT2D eigenvalue weighted by Gasteiger charge is -2.30. The van der Waals surface area contributed by atoms with E-state index in [-0.39, 0.29) is 18.0 Å². The average molecular weight is 548 g/mol.